The summed E-state index contributed by atoms with van der Waals surface area (Å²) < 4.78 is 16.1. The summed E-state index contributed by atoms with van der Waals surface area (Å²) in [7, 11) is 1.61. The predicted molar refractivity (Wildman–Crippen MR) is 113 cm³/mol. The van der Waals surface area contributed by atoms with Crippen molar-refractivity contribution in [2.45, 2.75) is 25.2 Å². The van der Waals surface area contributed by atoms with Gasteiger partial charge in [0.1, 0.15) is 6.61 Å². The zero-order valence-corrected chi connectivity index (χ0v) is 18.0. The van der Waals surface area contributed by atoms with E-state index >= 15 is 0 Å². The fourth-order valence-electron chi connectivity index (χ4n) is 3.47. The highest BCUT2D eigenvalue weighted by Gasteiger charge is 2.43. The molecule has 0 radical (unpaired) electrons. The largest absolute Gasteiger partial charge is 0.475 e. The molecule has 1 aliphatic heterocycles. The van der Waals surface area contributed by atoms with Gasteiger partial charge in [-0.25, -0.2) is 4.98 Å². The minimum Gasteiger partial charge on any atom is -0.475 e. The number of aromatic nitrogens is 1. The van der Waals surface area contributed by atoms with Crippen molar-refractivity contribution >= 4 is 34.8 Å². The SMILES string of the molecule is COCCOc1ncc(NC(=O)C2(c3ccc(Cl)cc3Cl)CCOCC2)cc1C. The highest BCUT2D eigenvalue weighted by atomic mass is 35.5. The summed E-state index contributed by atoms with van der Waals surface area (Å²) in [6.45, 7) is 3.73. The van der Waals surface area contributed by atoms with Crippen molar-refractivity contribution < 1.29 is 19.0 Å². The minimum atomic E-state index is -0.790. The van der Waals surface area contributed by atoms with Gasteiger partial charge >= 0.3 is 0 Å². The third kappa shape index (κ3) is 5.01. The lowest BCUT2D eigenvalue weighted by molar-refractivity contribution is -0.125. The van der Waals surface area contributed by atoms with Crippen LogP contribution in [0, 0.1) is 6.92 Å². The Kier molecular flexibility index (Phi) is 7.35. The summed E-state index contributed by atoms with van der Waals surface area (Å²) in [5.41, 5.74) is 1.39. The number of aryl methyl sites for hydroxylation is 1. The van der Waals surface area contributed by atoms with Crippen LogP contribution >= 0.6 is 23.2 Å². The van der Waals surface area contributed by atoms with Gasteiger partial charge in [-0.05, 0) is 43.5 Å². The normalized spacial score (nSPS) is 15.7. The van der Waals surface area contributed by atoms with Crippen LogP contribution in [0.1, 0.15) is 24.0 Å². The lowest BCUT2D eigenvalue weighted by Gasteiger charge is -2.36. The van der Waals surface area contributed by atoms with Crippen molar-refractivity contribution in [1.29, 1.82) is 0 Å². The molecule has 0 unspecified atom stereocenters. The van der Waals surface area contributed by atoms with Gasteiger partial charge in [0.15, 0.2) is 0 Å². The van der Waals surface area contributed by atoms with Crippen LogP contribution < -0.4 is 10.1 Å². The molecule has 8 heteroatoms. The molecule has 1 saturated heterocycles. The number of anilines is 1. The van der Waals surface area contributed by atoms with E-state index in [1.807, 2.05) is 19.1 Å². The number of carbonyl (C=O) groups is 1. The number of hydrogen-bond acceptors (Lipinski definition) is 5. The van der Waals surface area contributed by atoms with Crippen molar-refractivity contribution in [2.24, 2.45) is 0 Å². The number of ether oxygens (including phenoxy) is 3. The standard InChI is InChI=1S/C21H24Cl2N2O4/c1-14-11-16(13-24-19(14)29-10-9-27-2)25-20(26)21(5-7-28-8-6-21)17-4-3-15(22)12-18(17)23/h3-4,11-13H,5-10H2,1-2H3,(H,25,26). The van der Waals surface area contributed by atoms with E-state index in [-0.39, 0.29) is 5.91 Å². The summed E-state index contributed by atoms with van der Waals surface area (Å²) >= 11 is 12.5. The van der Waals surface area contributed by atoms with Gasteiger partial charge in [0.2, 0.25) is 11.8 Å². The molecule has 2 aromatic rings. The van der Waals surface area contributed by atoms with Gasteiger partial charge in [-0.15, -0.1) is 0 Å². The number of hydrogen-bond donors (Lipinski definition) is 1. The molecule has 3 rings (SSSR count). The molecule has 1 fully saturated rings. The second kappa shape index (κ2) is 9.76. The Morgan fingerprint density at radius 1 is 1.24 bits per heavy atom. The van der Waals surface area contributed by atoms with E-state index in [2.05, 4.69) is 10.3 Å². The molecular formula is C21H24Cl2N2O4. The summed E-state index contributed by atoms with van der Waals surface area (Å²) in [4.78, 5) is 17.7. The second-order valence-electron chi connectivity index (χ2n) is 6.96. The monoisotopic (exact) mass is 438 g/mol. The van der Waals surface area contributed by atoms with Gasteiger partial charge < -0.3 is 19.5 Å². The molecule has 1 aliphatic rings. The van der Waals surface area contributed by atoms with Crippen LogP contribution in [0.4, 0.5) is 5.69 Å². The topological polar surface area (TPSA) is 69.7 Å². The average molecular weight is 439 g/mol. The van der Waals surface area contributed by atoms with Gasteiger partial charge in [-0.1, -0.05) is 29.3 Å². The Morgan fingerprint density at radius 3 is 2.66 bits per heavy atom. The Bertz CT molecular complexity index is 870. The Balaban J connectivity index is 1.83. The molecule has 1 aromatic heterocycles. The number of pyridine rings is 1. The van der Waals surface area contributed by atoms with Crippen molar-refractivity contribution in [3.8, 4) is 5.88 Å². The number of methoxy groups -OCH3 is 1. The van der Waals surface area contributed by atoms with E-state index in [0.29, 0.717) is 60.9 Å². The quantitative estimate of drug-likeness (QED) is 0.648. The van der Waals surface area contributed by atoms with Crippen molar-refractivity contribution in [1.82, 2.24) is 4.98 Å². The van der Waals surface area contributed by atoms with Gasteiger partial charge in [0, 0.05) is 35.9 Å². The van der Waals surface area contributed by atoms with Crippen molar-refractivity contribution in [2.75, 3.05) is 38.9 Å². The number of halogens is 2. The molecule has 0 aliphatic carbocycles. The third-order valence-electron chi connectivity index (χ3n) is 5.04. The van der Waals surface area contributed by atoms with Gasteiger partial charge in [0.25, 0.3) is 0 Å². The van der Waals surface area contributed by atoms with Crippen molar-refractivity contribution in [3.63, 3.8) is 0 Å². The van der Waals surface area contributed by atoms with Gasteiger partial charge in [-0.3, -0.25) is 4.79 Å². The predicted octanol–water partition coefficient (Wildman–Crippen LogP) is 4.41. The fourth-order valence-corrected chi connectivity index (χ4v) is 4.06. The molecule has 1 amide bonds. The molecule has 0 bridgehead atoms. The van der Waals surface area contributed by atoms with Crippen LogP contribution in [0.5, 0.6) is 5.88 Å². The Hall–Kier alpha value is -1.86. The summed E-state index contributed by atoms with van der Waals surface area (Å²) in [5.74, 6) is 0.376. The number of benzene rings is 1. The van der Waals surface area contributed by atoms with E-state index in [1.165, 1.54) is 0 Å². The van der Waals surface area contributed by atoms with Crippen LogP contribution in [0.3, 0.4) is 0 Å². The molecule has 6 nitrogen and oxygen atoms in total. The average Bonchev–Trinajstić information content (AvgIpc) is 2.70. The van der Waals surface area contributed by atoms with E-state index in [0.717, 1.165) is 11.1 Å². The summed E-state index contributed by atoms with van der Waals surface area (Å²) in [6, 6.07) is 7.08. The number of nitrogens with one attached hydrogen (secondary N) is 1. The van der Waals surface area contributed by atoms with Crippen LogP contribution in [0.2, 0.25) is 10.0 Å². The molecule has 29 heavy (non-hydrogen) atoms. The first kappa shape index (κ1) is 21.8. The van der Waals surface area contributed by atoms with Crippen LogP contribution in [-0.4, -0.2) is 44.4 Å². The number of carbonyl (C=O) groups excluding carboxylic acids is 1. The molecule has 0 saturated carbocycles. The van der Waals surface area contributed by atoms with E-state index in [4.69, 9.17) is 37.4 Å². The zero-order valence-electron chi connectivity index (χ0n) is 16.5. The number of rotatable bonds is 7. The molecule has 0 atom stereocenters. The lowest BCUT2D eigenvalue weighted by atomic mass is 9.73. The van der Waals surface area contributed by atoms with Gasteiger partial charge in [0.05, 0.1) is 23.9 Å². The van der Waals surface area contributed by atoms with Crippen molar-refractivity contribution in [3.05, 3.63) is 51.6 Å². The molecular weight excluding hydrogens is 415 g/mol. The summed E-state index contributed by atoms with van der Waals surface area (Å²) in [6.07, 6.45) is 2.65. The Morgan fingerprint density at radius 2 is 2.00 bits per heavy atom. The third-order valence-corrected chi connectivity index (χ3v) is 5.59. The van der Waals surface area contributed by atoms with Crippen LogP contribution in [-0.2, 0) is 19.7 Å². The van der Waals surface area contributed by atoms with E-state index < -0.39 is 5.41 Å². The van der Waals surface area contributed by atoms with Crippen LogP contribution in [0.15, 0.2) is 30.5 Å². The maximum absolute atomic E-state index is 13.4. The van der Waals surface area contributed by atoms with E-state index in [1.54, 1.807) is 25.4 Å². The maximum atomic E-state index is 13.4. The van der Waals surface area contributed by atoms with Crippen LogP contribution in [0.25, 0.3) is 0 Å². The minimum absolute atomic E-state index is 0.140. The first-order valence-corrected chi connectivity index (χ1v) is 10.1. The molecule has 2 heterocycles. The Labute approximate surface area is 180 Å². The van der Waals surface area contributed by atoms with Gasteiger partial charge in [-0.2, -0.15) is 0 Å². The molecule has 156 valence electrons. The fraction of sp³-hybridized carbons (Fsp3) is 0.429. The smallest absolute Gasteiger partial charge is 0.235 e. The highest BCUT2D eigenvalue weighted by molar-refractivity contribution is 6.35. The molecule has 1 aromatic carbocycles. The lowest BCUT2D eigenvalue weighted by Crippen LogP contribution is -2.45. The maximum Gasteiger partial charge on any atom is 0.235 e. The first-order valence-electron chi connectivity index (χ1n) is 9.39. The molecule has 1 N–H and O–H groups in total. The highest BCUT2D eigenvalue weighted by Crippen LogP contribution is 2.40. The first-order chi connectivity index (χ1) is 14.0. The van der Waals surface area contributed by atoms with E-state index in [9.17, 15) is 4.79 Å². The second-order valence-corrected chi connectivity index (χ2v) is 7.80. The molecule has 0 spiro atoms. The number of nitrogens with zero attached hydrogens (tertiary/aromatic N) is 1. The summed E-state index contributed by atoms with van der Waals surface area (Å²) in [5, 5.41) is 4.01. The number of amides is 1. The zero-order chi connectivity index (χ0) is 20.9.